The van der Waals surface area contributed by atoms with E-state index in [0.717, 1.165) is 0 Å². The molecule has 1 rings (SSSR count). The number of nitrogens with one attached hydrogen (secondary N) is 2. The maximum absolute atomic E-state index is 11.5. The van der Waals surface area contributed by atoms with E-state index >= 15 is 0 Å². The number of likely N-dealkylation sites (tertiary alicyclic amines) is 1. The molecule has 0 atom stereocenters. The summed E-state index contributed by atoms with van der Waals surface area (Å²) in [5, 5.41) is 4.51. The molecule has 8 nitrogen and oxygen atoms in total. The number of sulfonamides is 1. The van der Waals surface area contributed by atoms with E-state index in [1.807, 2.05) is 4.90 Å². The monoisotopic (exact) mass is 306 g/mol. The van der Waals surface area contributed by atoms with Crippen molar-refractivity contribution in [2.24, 2.45) is 0 Å². The average Bonchev–Trinajstić information content (AvgIpc) is 2.37. The van der Waals surface area contributed by atoms with Crippen LogP contribution in [0.25, 0.3) is 0 Å². The third-order valence-corrected chi connectivity index (χ3v) is 4.79. The molecule has 0 aromatic rings. The van der Waals surface area contributed by atoms with Crippen molar-refractivity contribution in [2.45, 2.75) is 18.9 Å². The molecular weight excluding hydrogens is 284 g/mol. The van der Waals surface area contributed by atoms with Gasteiger partial charge >= 0.3 is 6.03 Å². The van der Waals surface area contributed by atoms with E-state index < -0.39 is 16.1 Å². The standard InChI is InChI=1S/C11H22N4O4S/c1-12-11(17)13-10(16)8-15-6-4-9(5-7-15)14(2)20(3,18)19/h9H,4-8H2,1-3H3,(H2,12,13,16,17). The topological polar surface area (TPSA) is 98.8 Å². The zero-order valence-electron chi connectivity index (χ0n) is 12.0. The van der Waals surface area contributed by atoms with E-state index in [2.05, 4.69) is 10.6 Å². The lowest BCUT2D eigenvalue weighted by molar-refractivity contribution is -0.121. The second kappa shape index (κ2) is 7.00. The summed E-state index contributed by atoms with van der Waals surface area (Å²) in [4.78, 5) is 24.4. The average molecular weight is 306 g/mol. The summed E-state index contributed by atoms with van der Waals surface area (Å²) in [6.45, 7) is 1.40. The van der Waals surface area contributed by atoms with Crippen molar-refractivity contribution in [3.05, 3.63) is 0 Å². The summed E-state index contributed by atoms with van der Waals surface area (Å²) in [5.74, 6) is -0.362. The van der Waals surface area contributed by atoms with Crippen LogP contribution in [0.2, 0.25) is 0 Å². The second-order valence-electron chi connectivity index (χ2n) is 4.91. The van der Waals surface area contributed by atoms with Crippen LogP contribution in [0.15, 0.2) is 0 Å². The molecule has 116 valence electrons. The molecule has 0 unspecified atom stereocenters. The Labute approximate surface area is 119 Å². The Morgan fingerprint density at radius 1 is 1.30 bits per heavy atom. The van der Waals surface area contributed by atoms with Gasteiger partial charge in [-0.3, -0.25) is 15.0 Å². The summed E-state index contributed by atoms with van der Waals surface area (Å²) < 4.78 is 24.3. The van der Waals surface area contributed by atoms with Gasteiger partial charge in [0.05, 0.1) is 12.8 Å². The van der Waals surface area contributed by atoms with Crippen molar-refractivity contribution >= 4 is 22.0 Å². The molecule has 0 aromatic carbocycles. The fourth-order valence-corrected chi connectivity index (χ4v) is 2.90. The van der Waals surface area contributed by atoms with Gasteiger partial charge < -0.3 is 5.32 Å². The molecule has 0 saturated carbocycles. The number of hydrogen-bond acceptors (Lipinski definition) is 5. The number of piperidine rings is 1. The van der Waals surface area contributed by atoms with Crippen molar-refractivity contribution in [1.82, 2.24) is 19.8 Å². The van der Waals surface area contributed by atoms with Crippen molar-refractivity contribution in [3.63, 3.8) is 0 Å². The minimum atomic E-state index is -3.18. The van der Waals surface area contributed by atoms with Crippen LogP contribution >= 0.6 is 0 Å². The highest BCUT2D eigenvalue weighted by Gasteiger charge is 2.27. The predicted octanol–water partition coefficient (Wildman–Crippen LogP) is -1.20. The molecule has 1 aliphatic heterocycles. The number of carbonyl (C=O) groups is 2. The van der Waals surface area contributed by atoms with Crippen LogP contribution in [0.5, 0.6) is 0 Å². The van der Waals surface area contributed by atoms with Gasteiger partial charge in [0, 0.05) is 33.2 Å². The number of urea groups is 1. The summed E-state index contributed by atoms with van der Waals surface area (Å²) >= 11 is 0. The Bertz CT molecular complexity index is 457. The summed E-state index contributed by atoms with van der Waals surface area (Å²) in [5.41, 5.74) is 0. The van der Waals surface area contributed by atoms with Gasteiger partial charge in [0.2, 0.25) is 15.9 Å². The van der Waals surface area contributed by atoms with E-state index in [0.29, 0.717) is 25.9 Å². The molecule has 20 heavy (non-hydrogen) atoms. The lowest BCUT2D eigenvalue weighted by Gasteiger charge is -2.35. The molecule has 3 amide bonds. The quantitative estimate of drug-likeness (QED) is 0.679. The van der Waals surface area contributed by atoms with Crippen LogP contribution in [-0.4, -0.2) is 75.6 Å². The van der Waals surface area contributed by atoms with Gasteiger partial charge in [-0.25, -0.2) is 17.5 Å². The first kappa shape index (κ1) is 16.9. The van der Waals surface area contributed by atoms with Crippen LogP contribution in [0, 0.1) is 0 Å². The van der Waals surface area contributed by atoms with Crippen LogP contribution < -0.4 is 10.6 Å². The highest BCUT2D eigenvalue weighted by Crippen LogP contribution is 2.17. The predicted molar refractivity (Wildman–Crippen MR) is 74.7 cm³/mol. The minimum absolute atomic E-state index is 0.0248. The SMILES string of the molecule is CNC(=O)NC(=O)CN1CCC(N(C)S(C)(=O)=O)CC1. The molecule has 0 aliphatic carbocycles. The minimum Gasteiger partial charge on any atom is -0.341 e. The molecule has 1 heterocycles. The van der Waals surface area contributed by atoms with Crippen LogP contribution in [-0.2, 0) is 14.8 Å². The summed E-state index contributed by atoms with van der Waals surface area (Å²) in [6.07, 6.45) is 2.55. The first-order valence-corrected chi connectivity index (χ1v) is 8.25. The fraction of sp³-hybridized carbons (Fsp3) is 0.818. The van der Waals surface area contributed by atoms with Gasteiger partial charge in [-0.2, -0.15) is 0 Å². The van der Waals surface area contributed by atoms with Crippen molar-refractivity contribution in [1.29, 1.82) is 0 Å². The maximum Gasteiger partial charge on any atom is 0.321 e. The highest BCUT2D eigenvalue weighted by atomic mass is 32.2. The first-order chi connectivity index (χ1) is 9.24. The lowest BCUT2D eigenvalue weighted by atomic mass is 10.1. The van der Waals surface area contributed by atoms with Gasteiger partial charge in [-0.05, 0) is 12.8 Å². The lowest BCUT2D eigenvalue weighted by Crippen LogP contribution is -2.49. The first-order valence-electron chi connectivity index (χ1n) is 6.41. The molecule has 0 aromatic heterocycles. The Morgan fingerprint density at radius 3 is 2.30 bits per heavy atom. The highest BCUT2D eigenvalue weighted by molar-refractivity contribution is 7.88. The van der Waals surface area contributed by atoms with E-state index in [1.165, 1.54) is 17.6 Å². The molecule has 1 aliphatic rings. The molecule has 0 radical (unpaired) electrons. The van der Waals surface area contributed by atoms with Gasteiger partial charge in [0.15, 0.2) is 0 Å². The fourth-order valence-electron chi connectivity index (χ4n) is 2.14. The number of nitrogens with zero attached hydrogens (tertiary/aromatic N) is 2. The van der Waals surface area contributed by atoms with Crippen molar-refractivity contribution in [2.75, 3.05) is 40.0 Å². The van der Waals surface area contributed by atoms with E-state index in [-0.39, 0.29) is 18.5 Å². The molecule has 2 N–H and O–H groups in total. The second-order valence-corrected chi connectivity index (χ2v) is 6.96. The molecule has 0 bridgehead atoms. The largest absolute Gasteiger partial charge is 0.341 e. The van der Waals surface area contributed by atoms with E-state index in [9.17, 15) is 18.0 Å². The molecular formula is C11H22N4O4S. The van der Waals surface area contributed by atoms with E-state index in [1.54, 1.807) is 7.05 Å². The van der Waals surface area contributed by atoms with Crippen LogP contribution in [0.3, 0.4) is 0 Å². The third kappa shape index (κ3) is 5.06. The van der Waals surface area contributed by atoms with Gasteiger partial charge in [-0.15, -0.1) is 0 Å². The van der Waals surface area contributed by atoms with Gasteiger partial charge in [0.25, 0.3) is 0 Å². The molecule has 0 spiro atoms. The number of carbonyl (C=O) groups excluding carboxylic acids is 2. The van der Waals surface area contributed by atoms with Crippen LogP contribution in [0.1, 0.15) is 12.8 Å². The summed E-state index contributed by atoms with van der Waals surface area (Å²) in [6, 6.07) is -0.551. The van der Waals surface area contributed by atoms with Crippen molar-refractivity contribution < 1.29 is 18.0 Å². The smallest absolute Gasteiger partial charge is 0.321 e. The van der Waals surface area contributed by atoms with Gasteiger partial charge in [-0.1, -0.05) is 0 Å². The number of hydrogen-bond donors (Lipinski definition) is 2. The van der Waals surface area contributed by atoms with Crippen LogP contribution in [0.4, 0.5) is 4.79 Å². The number of amides is 3. The Kier molecular flexibility index (Phi) is 5.90. The zero-order valence-corrected chi connectivity index (χ0v) is 12.9. The third-order valence-electron chi connectivity index (χ3n) is 3.44. The maximum atomic E-state index is 11.5. The Balaban J connectivity index is 2.39. The molecule has 9 heteroatoms. The zero-order chi connectivity index (χ0) is 15.3. The normalized spacial score (nSPS) is 18.0. The number of rotatable bonds is 4. The van der Waals surface area contributed by atoms with Gasteiger partial charge in [0.1, 0.15) is 0 Å². The Hall–Kier alpha value is -1.19. The molecule has 1 saturated heterocycles. The number of imide groups is 1. The van der Waals surface area contributed by atoms with Crippen molar-refractivity contribution in [3.8, 4) is 0 Å². The Morgan fingerprint density at radius 2 is 1.85 bits per heavy atom. The van der Waals surface area contributed by atoms with E-state index in [4.69, 9.17) is 0 Å². The molecule has 1 fully saturated rings. The summed E-state index contributed by atoms with van der Waals surface area (Å²) in [7, 11) is -0.163.